The fourth-order valence-electron chi connectivity index (χ4n) is 1.39. The van der Waals surface area contributed by atoms with Crippen LogP contribution in [0, 0.1) is 0 Å². The lowest BCUT2D eigenvalue weighted by atomic mass is 10.5. The second-order valence-corrected chi connectivity index (χ2v) is 3.47. The quantitative estimate of drug-likeness (QED) is 0.721. The zero-order valence-electron chi connectivity index (χ0n) is 9.80. The number of methoxy groups -OCH3 is 1. The molecule has 0 aliphatic carbocycles. The van der Waals surface area contributed by atoms with Crippen LogP contribution in [0.2, 0.25) is 0 Å². The summed E-state index contributed by atoms with van der Waals surface area (Å²) in [4.78, 5) is 4.31. The van der Waals surface area contributed by atoms with E-state index in [1.807, 2.05) is 24.4 Å². The van der Waals surface area contributed by atoms with E-state index >= 15 is 0 Å². The van der Waals surface area contributed by atoms with Gasteiger partial charge in [0.15, 0.2) is 5.65 Å². The summed E-state index contributed by atoms with van der Waals surface area (Å²) in [6.45, 7) is 2.52. The Kier molecular flexibility index (Phi) is 4.29. The summed E-state index contributed by atoms with van der Waals surface area (Å²) in [5.74, 6) is 0.617. The SMILES string of the molecule is COCCOCCNc1nc2ccccn2n1. The Morgan fingerprint density at radius 1 is 1.29 bits per heavy atom. The van der Waals surface area contributed by atoms with Crippen molar-refractivity contribution in [2.75, 3.05) is 38.8 Å². The summed E-state index contributed by atoms with van der Waals surface area (Å²) >= 11 is 0. The molecule has 2 rings (SSSR count). The first kappa shape index (κ1) is 11.8. The molecule has 0 radical (unpaired) electrons. The number of ether oxygens (including phenoxy) is 2. The highest BCUT2D eigenvalue weighted by Crippen LogP contribution is 2.03. The Balaban J connectivity index is 1.75. The standard InChI is InChI=1S/C11H16N4O2/c1-16-8-9-17-7-5-12-11-13-10-4-2-3-6-15(10)14-11/h2-4,6H,5,7-9H2,1H3,(H,12,14). The van der Waals surface area contributed by atoms with Gasteiger partial charge in [-0.25, -0.2) is 4.52 Å². The van der Waals surface area contributed by atoms with E-state index in [0.717, 1.165) is 5.65 Å². The number of nitrogens with zero attached hydrogens (tertiary/aromatic N) is 3. The molecule has 2 aromatic heterocycles. The smallest absolute Gasteiger partial charge is 0.243 e. The van der Waals surface area contributed by atoms with Crippen molar-refractivity contribution in [1.82, 2.24) is 14.6 Å². The molecule has 0 unspecified atom stereocenters. The van der Waals surface area contributed by atoms with Gasteiger partial charge in [0.1, 0.15) is 0 Å². The second kappa shape index (κ2) is 6.17. The number of rotatable bonds is 7. The van der Waals surface area contributed by atoms with Crippen molar-refractivity contribution in [1.29, 1.82) is 0 Å². The maximum Gasteiger partial charge on any atom is 0.243 e. The van der Waals surface area contributed by atoms with Crippen LogP contribution < -0.4 is 5.32 Å². The molecule has 0 atom stereocenters. The zero-order chi connectivity index (χ0) is 11.9. The molecular formula is C11H16N4O2. The number of fused-ring (bicyclic) bond motifs is 1. The van der Waals surface area contributed by atoms with Gasteiger partial charge in [-0.2, -0.15) is 4.98 Å². The van der Waals surface area contributed by atoms with E-state index in [-0.39, 0.29) is 0 Å². The van der Waals surface area contributed by atoms with Crippen molar-refractivity contribution in [2.45, 2.75) is 0 Å². The maximum atomic E-state index is 5.32. The maximum absolute atomic E-state index is 5.32. The Hall–Kier alpha value is -1.66. The van der Waals surface area contributed by atoms with Gasteiger partial charge in [0.2, 0.25) is 5.95 Å². The molecule has 0 amide bonds. The van der Waals surface area contributed by atoms with Gasteiger partial charge in [-0.15, -0.1) is 5.10 Å². The van der Waals surface area contributed by atoms with E-state index in [4.69, 9.17) is 9.47 Å². The van der Waals surface area contributed by atoms with Crippen molar-refractivity contribution < 1.29 is 9.47 Å². The van der Waals surface area contributed by atoms with E-state index in [0.29, 0.717) is 32.3 Å². The van der Waals surface area contributed by atoms with Gasteiger partial charge in [0.05, 0.1) is 19.8 Å². The minimum Gasteiger partial charge on any atom is -0.382 e. The first-order valence-electron chi connectivity index (χ1n) is 5.52. The van der Waals surface area contributed by atoms with Crippen molar-refractivity contribution in [3.63, 3.8) is 0 Å². The molecule has 17 heavy (non-hydrogen) atoms. The van der Waals surface area contributed by atoms with Crippen molar-refractivity contribution >= 4 is 11.6 Å². The van der Waals surface area contributed by atoms with Gasteiger partial charge in [-0.3, -0.25) is 0 Å². The highest BCUT2D eigenvalue weighted by atomic mass is 16.5. The number of anilines is 1. The highest BCUT2D eigenvalue weighted by Gasteiger charge is 2.00. The van der Waals surface area contributed by atoms with E-state index in [1.54, 1.807) is 11.6 Å². The summed E-state index contributed by atoms with van der Waals surface area (Å²) < 4.78 is 11.9. The predicted octanol–water partition coefficient (Wildman–Crippen LogP) is 0.804. The Bertz CT molecular complexity index is 424. The average Bonchev–Trinajstić information content (AvgIpc) is 2.76. The molecule has 0 bridgehead atoms. The minimum absolute atomic E-state index is 0.608. The molecule has 0 spiro atoms. The predicted molar refractivity (Wildman–Crippen MR) is 64.2 cm³/mol. The van der Waals surface area contributed by atoms with Crippen LogP contribution in [0.4, 0.5) is 5.95 Å². The Morgan fingerprint density at radius 2 is 2.24 bits per heavy atom. The molecular weight excluding hydrogens is 220 g/mol. The van der Waals surface area contributed by atoms with Crippen LogP contribution in [0.15, 0.2) is 24.4 Å². The fraction of sp³-hybridized carbons (Fsp3) is 0.455. The van der Waals surface area contributed by atoms with Gasteiger partial charge in [-0.05, 0) is 12.1 Å². The van der Waals surface area contributed by atoms with Crippen LogP contribution in [0.5, 0.6) is 0 Å². The van der Waals surface area contributed by atoms with E-state index in [2.05, 4.69) is 15.4 Å². The molecule has 0 saturated carbocycles. The summed E-state index contributed by atoms with van der Waals surface area (Å²) in [7, 11) is 1.65. The number of nitrogens with one attached hydrogen (secondary N) is 1. The lowest BCUT2D eigenvalue weighted by Crippen LogP contribution is -2.12. The minimum atomic E-state index is 0.608. The molecule has 92 valence electrons. The fourth-order valence-corrected chi connectivity index (χ4v) is 1.39. The van der Waals surface area contributed by atoms with Gasteiger partial charge in [0.25, 0.3) is 0 Å². The third kappa shape index (κ3) is 3.40. The number of hydrogen-bond acceptors (Lipinski definition) is 5. The van der Waals surface area contributed by atoms with Crippen LogP contribution in [-0.2, 0) is 9.47 Å². The molecule has 2 heterocycles. The van der Waals surface area contributed by atoms with Crippen LogP contribution in [-0.4, -0.2) is 48.1 Å². The lowest BCUT2D eigenvalue weighted by molar-refractivity contribution is 0.0759. The monoisotopic (exact) mass is 236 g/mol. The zero-order valence-corrected chi connectivity index (χ0v) is 9.80. The van der Waals surface area contributed by atoms with Crippen molar-refractivity contribution in [2.24, 2.45) is 0 Å². The summed E-state index contributed by atoms with van der Waals surface area (Å²) in [6, 6.07) is 5.76. The average molecular weight is 236 g/mol. The number of aromatic nitrogens is 3. The van der Waals surface area contributed by atoms with Crippen molar-refractivity contribution in [3.05, 3.63) is 24.4 Å². The topological polar surface area (TPSA) is 60.7 Å². The van der Waals surface area contributed by atoms with E-state index in [9.17, 15) is 0 Å². The van der Waals surface area contributed by atoms with Crippen LogP contribution in [0.3, 0.4) is 0 Å². The summed E-state index contributed by atoms with van der Waals surface area (Å²) in [5.41, 5.74) is 0.829. The Morgan fingerprint density at radius 3 is 3.06 bits per heavy atom. The molecule has 0 saturated heterocycles. The van der Waals surface area contributed by atoms with Crippen LogP contribution in [0.25, 0.3) is 5.65 Å². The second-order valence-electron chi connectivity index (χ2n) is 3.47. The molecule has 0 aliphatic heterocycles. The first-order chi connectivity index (χ1) is 8.40. The molecule has 0 fully saturated rings. The summed E-state index contributed by atoms with van der Waals surface area (Å²) in [5, 5.41) is 7.36. The first-order valence-corrected chi connectivity index (χ1v) is 5.52. The molecule has 0 aliphatic rings. The van der Waals surface area contributed by atoms with Gasteiger partial charge in [-0.1, -0.05) is 6.07 Å². The molecule has 6 nitrogen and oxygen atoms in total. The van der Waals surface area contributed by atoms with E-state index in [1.165, 1.54) is 0 Å². The van der Waals surface area contributed by atoms with Crippen molar-refractivity contribution in [3.8, 4) is 0 Å². The summed E-state index contributed by atoms with van der Waals surface area (Å²) in [6.07, 6.45) is 1.86. The lowest BCUT2D eigenvalue weighted by Gasteiger charge is -2.03. The number of hydrogen-bond donors (Lipinski definition) is 1. The van der Waals surface area contributed by atoms with Gasteiger partial charge in [0, 0.05) is 19.9 Å². The molecule has 0 aromatic carbocycles. The van der Waals surface area contributed by atoms with Crippen LogP contribution >= 0.6 is 0 Å². The third-order valence-corrected chi connectivity index (χ3v) is 2.20. The highest BCUT2D eigenvalue weighted by molar-refractivity contribution is 5.42. The van der Waals surface area contributed by atoms with Gasteiger partial charge >= 0.3 is 0 Å². The largest absolute Gasteiger partial charge is 0.382 e. The Labute approximate surface area is 99.6 Å². The van der Waals surface area contributed by atoms with Crippen LogP contribution in [0.1, 0.15) is 0 Å². The van der Waals surface area contributed by atoms with E-state index < -0.39 is 0 Å². The molecule has 1 N–H and O–H groups in total. The molecule has 2 aromatic rings. The molecule has 6 heteroatoms. The third-order valence-electron chi connectivity index (χ3n) is 2.20. The normalized spacial score (nSPS) is 10.9. The van der Waals surface area contributed by atoms with Gasteiger partial charge < -0.3 is 14.8 Å². The number of pyridine rings is 1.